The molecule has 47 heavy (non-hydrogen) atoms. The molecule has 3 heterocycles. The number of amides is 2. The zero-order valence-electron chi connectivity index (χ0n) is 27.9. The minimum Gasteiger partial charge on any atom is -0.618 e. The van der Waals surface area contributed by atoms with Crippen molar-refractivity contribution in [2.75, 3.05) is 25.0 Å². The molecule has 2 aromatic heterocycles. The Hall–Kier alpha value is -4.08. The number of halogens is 3. The number of pyridine rings is 1. The quantitative estimate of drug-likeness (QED) is 0.139. The molecule has 254 valence electrons. The minimum atomic E-state index is -2.12. The van der Waals surface area contributed by atoms with Gasteiger partial charge >= 0.3 is 0 Å². The Morgan fingerprint density at radius 2 is 1.77 bits per heavy atom. The van der Waals surface area contributed by atoms with Crippen LogP contribution in [-0.2, 0) is 15.8 Å². The zero-order chi connectivity index (χ0) is 34.9. The summed E-state index contributed by atoms with van der Waals surface area (Å²) in [5.74, 6) is -5.00. The highest BCUT2D eigenvalue weighted by molar-refractivity contribution is 6.74. The molecular weight excluding hydrogens is 633 g/mol. The number of piperazine rings is 1. The van der Waals surface area contributed by atoms with Gasteiger partial charge in [-0.1, -0.05) is 20.8 Å². The van der Waals surface area contributed by atoms with E-state index in [2.05, 4.69) is 49.1 Å². The summed E-state index contributed by atoms with van der Waals surface area (Å²) in [6.45, 7) is 17.4. The second kappa shape index (κ2) is 13.6. The first kappa shape index (κ1) is 35.8. The van der Waals surface area contributed by atoms with E-state index in [1.54, 1.807) is 17.9 Å². The predicted molar refractivity (Wildman–Crippen MR) is 171 cm³/mol. The molecule has 0 saturated carbocycles. The molecule has 1 saturated heterocycles. The van der Waals surface area contributed by atoms with E-state index in [1.807, 2.05) is 18.7 Å². The van der Waals surface area contributed by atoms with Crippen LogP contribution in [0.4, 0.5) is 19.0 Å². The molecule has 4 rings (SSSR count). The molecule has 3 aromatic rings. The standard InChI is InChI=1S/C32H41F3N6O5Si/c1-20(29(42)38-27-16-37-28(17-36-27)46-26-15-24(34)23(33)14-25(26)35)39-11-12-40(32(5,6)19-39)30(43)21-9-10-41(44)22(13-21)18-45-47(7,8)31(2,3)4/h9-10,13-17,20H,11-12,18-19H2,1-8H3,(H,36,38,42)/t20-/m0/s1. The molecule has 2 amide bonds. The number of anilines is 1. The second-order valence-corrected chi connectivity index (χ2v) is 18.5. The normalized spacial score (nSPS) is 16.1. The molecule has 1 N–H and O–H groups in total. The SMILES string of the molecule is C[C@@H](C(=O)Nc1cnc(Oc2cc(F)c(F)cc2F)cn1)N1CCN(C(=O)c2cc[n+]([O-])c(CO[Si](C)(C)C(C)(C)C)c2)C(C)(C)C1. The average Bonchev–Trinajstić information content (AvgIpc) is 2.98. The second-order valence-electron chi connectivity index (χ2n) is 13.7. The summed E-state index contributed by atoms with van der Waals surface area (Å²) < 4.78 is 52.6. The molecule has 1 aliphatic heterocycles. The lowest BCUT2D eigenvalue weighted by molar-refractivity contribution is -0.616. The number of carbonyl (C=O) groups is 2. The number of ether oxygens (including phenoxy) is 1. The number of carbonyl (C=O) groups excluding carboxylic acids is 2. The van der Waals surface area contributed by atoms with E-state index in [1.165, 1.54) is 18.5 Å². The molecule has 0 bridgehead atoms. The van der Waals surface area contributed by atoms with Gasteiger partial charge in [0.1, 0.15) is 6.61 Å². The van der Waals surface area contributed by atoms with Crippen LogP contribution in [-0.4, -0.2) is 71.1 Å². The van der Waals surface area contributed by atoms with Gasteiger partial charge < -0.3 is 24.6 Å². The molecule has 1 aliphatic rings. The van der Waals surface area contributed by atoms with Crippen molar-refractivity contribution in [3.8, 4) is 11.6 Å². The maximum Gasteiger partial charge on any atom is 0.254 e. The van der Waals surface area contributed by atoms with Crippen LogP contribution in [0, 0.1) is 22.7 Å². The zero-order valence-corrected chi connectivity index (χ0v) is 28.9. The van der Waals surface area contributed by atoms with Gasteiger partial charge in [-0.2, -0.15) is 4.73 Å². The number of nitrogens with one attached hydrogen (secondary N) is 1. The van der Waals surface area contributed by atoms with E-state index in [0.717, 1.165) is 10.9 Å². The largest absolute Gasteiger partial charge is 0.618 e. The van der Waals surface area contributed by atoms with Crippen molar-refractivity contribution in [3.05, 3.63) is 76.8 Å². The Bertz CT molecular complexity index is 1630. The number of nitrogens with zero attached hydrogens (tertiary/aromatic N) is 5. The molecule has 11 nitrogen and oxygen atoms in total. The Labute approximate surface area is 273 Å². The summed E-state index contributed by atoms with van der Waals surface area (Å²) in [6.07, 6.45) is 3.63. The van der Waals surface area contributed by atoms with Crippen molar-refractivity contribution < 1.29 is 36.7 Å². The fraction of sp³-hybridized carbons (Fsp3) is 0.469. The van der Waals surface area contributed by atoms with Gasteiger partial charge in [-0.25, -0.2) is 23.1 Å². The lowest BCUT2D eigenvalue weighted by atomic mass is 9.96. The monoisotopic (exact) mass is 674 g/mol. The van der Waals surface area contributed by atoms with E-state index < -0.39 is 43.1 Å². The van der Waals surface area contributed by atoms with E-state index in [-0.39, 0.29) is 35.2 Å². The van der Waals surface area contributed by atoms with Crippen LogP contribution >= 0.6 is 0 Å². The Morgan fingerprint density at radius 1 is 1.09 bits per heavy atom. The van der Waals surface area contributed by atoms with Gasteiger partial charge in [0.05, 0.1) is 29.5 Å². The fourth-order valence-electron chi connectivity index (χ4n) is 4.82. The first-order valence-electron chi connectivity index (χ1n) is 15.2. The number of hydrogen-bond donors (Lipinski definition) is 1. The highest BCUT2D eigenvalue weighted by Crippen LogP contribution is 2.37. The van der Waals surface area contributed by atoms with Gasteiger partial charge in [-0.15, -0.1) is 0 Å². The van der Waals surface area contributed by atoms with Gasteiger partial charge in [-0.05, 0) is 38.9 Å². The number of aromatic nitrogens is 3. The van der Waals surface area contributed by atoms with Crippen molar-refractivity contribution >= 4 is 25.9 Å². The van der Waals surface area contributed by atoms with Crippen LogP contribution in [0.1, 0.15) is 57.6 Å². The molecule has 15 heteroatoms. The van der Waals surface area contributed by atoms with Crippen LogP contribution in [0.25, 0.3) is 0 Å². The van der Waals surface area contributed by atoms with Gasteiger partial charge in [0.2, 0.25) is 17.5 Å². The van der Waals surface area contributed by atoms with Crippen LogP contribution in [0.3, 0.4) is 0 Å². The molecule has 1 fully saturated rings. The third-order valence-electron chi connectivity index (χ3n) is 8.80. The summed E-state index contributed by atoms with van der Waals surface area (Å²) in [6, 6.07) is 3.42. The number of rotatable bonds is 9. The molecule has 1 aromatic carbocycles. The lowest BCUT2D eigenvalue weighted by Crippen LogP contribution is -2.63. The smallest absolute Gasteiger partial charge is 0.254 e. The maximum atomic E-state index is 13.9. The summed E-state index contributed by atoms with van der Waals surface area (Å²) in [4.78, 5) is 38.5. The Balaban J connectivity index is 1.36. The van der Waals surface area contributed by atoms with Gasteiger partial charge in [0.25, 0.3) is 5.91 Å². The first-order chi connectivity index (χ1) is 21.8. The molecule has 0 aliphatic carbocycles. The number of hydrogen-bond acceptors (Lipinski definition) is 8. The molecule has 0 unspecified atom stereocenters. The Morgan fingerprint density at radius 3 is 2.38 bits per heavy atom. The van der Waals surface area contributed by atoms with E-state index in [9.17, 15) is 28.0 Å². The average molecular weight is 675 g/mol. The van der Waals surface area contributed by atoms with Gasteiger partial charge in [-0.3, -0.25) is 14.5 Å². The fourth-order valence-corrected chi connectivity index (χ4v) is 5.77. The topological polar surface area (TPSA) is 124 Å². The summed E-state index contributed by atoms with van der Waals surface area (Å²) in [5.41, 5.74) is 0.0944. The van der Waals surface area contributed by atoms with Crippen LogP contribution in [0.15, 0.2) is 42.9 Å². The number of benzene rings is 1. The van der Waals surface area contributed by atoms with Crippen molar-refractivity contribution in [3.63, 3.8) is 0 Å². The molecule has 0 radical (unpaired) electrons. The van der Waals surface area contributed by atoms with E-state index in [0.29, 0.717) is 43.0 Å². The molecular formula is C32H41F3N6O5Si. The van der Waals surface area contributed by atoms with Crippen molar-refractivity contribution in [1.29, 1.82) is 0 Å². The molecule has 0 spiro atoms. The van der Waals surface area contributed by atoms with Crippen molar-refractivity contribution in [2.24, 2.45) is 0 Å². The van der Waals surface area contributed by atoms with Crippen LogP contribution in [0.5, 0.6) is 11.6 Å². The summed E-state index contributed by atoms with van der Waals surface area (Å²) in [7, 11) is -2.12. The highest BCUT2D eigenvalue weighted by atomic mass is 28.4. The third kappa shape index (κ3) is 8.26. The predicted octanol–water partition coefficient (Wildman–Crippen LogP) is 5.41. The molecule has 1 atom stereocenters. The summed E-state index contributed by atoms with van der Waals surface area (Å²) >= 11 is 0. The third-order valence-corrected chi connectivity index (χ3v) is 13.3. The minimum absolute atomic E-state index is 0.0320. The van der Waals surface area contributed by atoms with E-state index in [4.69, 9.17) is 9.16 Å². The van der Waals surface area contributed by atoms with Gasteiger partial charge in [0.15, 0.2) is 43.5 Å². The lowest BCUT2D eigenvalue weighted by Gasteiger charge is -2.48. The van der Waals surface area contributed by atoms with Gasteiger partial charge in [0, 0.05) is 43.9 Å². The van der Waals surface area contributed by atoms with Crippen molar-refractivity contribution in [2.45, 2.75) is 77.9 Å². The van der Waals surface area contributed by atoms with Crippen LogP contribution in [0.2, 0.25) is 18.1 Å². The maximum absolute atomic E-state index is 13.9. The van der Waals surface area contributed by atoms with E-state index >= 15 is 0 Å². The Kier molecular flexibility index (Phi) is 10.3. The van der Waals surface area contributed by atoms with Crippen LogP contribution < -0.4 is 14.8 Å². The summed E-state index contributed by atoms with van der Waals surface area (Å²) in [5, 5.41) is 15.2. The van der Waals surface area contributed by atoms with Crippen molar-refractivity contribution in [1.82, 2.24) is 19.8 Å². The first-order valence-corrected chi connectivity index (χ1v) is 18.1. The highest BCUT2D eigenvalue weighted by Gasteiger charge is 2.41.